The minimum atomic E-state index is -0.482. The smallest absolute Gasteiger partial charge is 0.323 e. The summed E-state index contributed by atoms with van der Waals surface area (Å²) in [6.07, 6.45) is 1.09. The summed E-state index contributed by atoms with van der Waals surface area (Å²) in [4.78, 5) is 39.2. The third-order valence-corrected chi connectivity index (χ3v) is 6.23. The molecular weight excluding hydrogens is 442 g/mol. The number of ether oxygens (including phenoxy) is 2. The molecule has 0 aliphatic carbocycles. The Morgan fingerprint density at radius 2 is 2.00 bits per heavy atom. The van der Waals surface area contributed by atoms with Crippen LogP contribution in [0.3, 0.4) is 0 Å². The van der Waals surface area contributed by atoms with Crippen LogP contribution in [0.25, 0.3) is 0 Å². The van der Waals surface area contributed by atoms with Gasteiger partial charge in [0.25, 0.3) is 5.91 Å². The van der Waals surface area contributed by atoms with E-state index in [9.17, 15) is 14.4 Å². The summed E-state index contributed by atoms with van der Waals surface area (Å²) in [6, 6.07) is 4.25. The normalized spacial score (nSPS) is 21.9. The van der Waals surface area contributed by atoms with Crippen LogP contribution in [0.5, 0.6) is 5.75 Å². The highest BCUT2D eigenvalue weighted by atomic mass is 16.5. The van der Waals surface area contributed by atoms with Gasteiger partial charge in [-0.3, -0.25) is 9.59 Å². The average Bonchev–Trinajstić information content (AvgIpc) is 3.13. The summed E-state index contributed by atoms with van der Waals surface area (Å²) in [5.41, 5.74) is 1.86. The number of urea groups is 1. The third kappa shape index (κ3) is 4.84. The molecule has 0 radical (unpaired) electrons. The van der Waals surface area contributed by atoms with Crippen LogP contribution < -0.4 is 20.7 Å². The monoisotopic (exact) mass is 471 g/mol. The van der Waals surface area contributed by atoms with Crippen molar-refractivity contribution >= 4 is 29.2 Å². The lowest BCUT2D eigenvalue weighted by molar-refractivity contribution is -0.133. The van der Waals surface area contributed by atoms with Crippen LogP contribution in [0.2, 0.25) is 0 Å². The second-order valence-corrected chi connectivity index (χ2v) is 8.53. The molecule has 3 heterocycles. The predicted octanol–water partition coefficient (Wildman–Crippen LogP) is 2.45. The Hall–Kier alpha value is -3.60. The Kier molecular flexibility index (Phi) is 6.73. The van der Waals surface area contributed by atoms with E-state index in [-0.39, 0.29) is 43.1 Å². The van der Waals surface area contributed by atoms with Crippen molar-refractivity contribution in [2.75, 3.05) is 31.3 Å². The molecule has 4 amide bonds. The number of benzene rings is 1. The maximum atomic E-state index is 13.3. The first-order chi connectivity index (χ1) is 16.3. The van der Waals surface area contributed by atoms with Crippen LogP contribution in [0.1, 0.15) is 41.1 Å². The molecule has 3 N–H and O–H groups in total. The molecular formula is C23H29N5O6. The average molecular weight is 472 g/mol. The van der Waals surface area contributed by atoms with Crippen LogP contribution in [0.4, 0.5) is 16.2 Å². The molecule has 1 saturated heterocycles. The van der Waals surface area contributed by atoms with E-state index in [1.165, 1.54) is 0 Å². The molecule has 3 atom stereocenters. The zero-order valence-corrected chi connectivity index (χ0v) is 19.6. The lowest BCUT2D eigenvalue weighted by atomic mass is 9.94. The number of likely N-dealkylation sites (N-methyl/N-ethyl adjacent to an activating group) is 1. The molecule has 2 aliphatic rings. The molecule has 0 saturated carbocycles. The van der Waals surface area contributed by atoms with Gasteiger partial charge in [-0.2, -0.15) is 0 Å². The molecule has 2 aliphatic heterocycles. The van der Waals surface area contributed by atoms with E-state index in [2.05, 4.69) is 21.1 Å². The van der Waals surface area contributed by atoms with Crippen molar-refractivity contribution in [2.24, 2.45) is 0 Å². The van der Waals surface area contributed by atoms with Gasteiger partial charge in [0, 0.05) is 19.8 Å². The molecule has 1 aromatic heterocycles. The van der Waals surface area contributed by atoms with E-state index < -0.39 is 6.03 Å². The topological polar surface area (TPSA) is 135 Å². The molecule has 182 valence electrons. The van der Waals surface area contributed by atoms with Gasteiger partial charge in [0.2, 0.25) is 5.91 Å². The molecule has 1 fully saturated rings. The number of hydrogen-bond acceptors (Lipinski definition) is 7. The van der Waals surface area contributed by atoms with Crippen molar-refractivity contribution in [1.29, 1.82) is 0 Å². The number of nitrogens with one attached hydrogen (secondary N) is 3. The van der Waals surface area contributed by atoms with Crippen molar-refractivity contribution in [1.82, 2.24) is 15.4 Å². The van der Waals surface area contributed by atoms with Gasteiger partial charge in [0.1, 0.15) is 29.8 Å². The Balaban J connectivity index is 1.48. The zero-order chi connectivity index (χ0) is 24.4. The van der Waals surface area contributed by atoms with E-state index in [1.54, 1.807) is 51.0 Å². The van der Waals surface area contributed by atoms with Crippen LogP contribution in [0, 0.1) is 13.8 Å². The second kappa shape index (κ2) is 9.72. The molecule has 1 aromatic carbocycles. The third-order valence-electron chi connectivity index (χ3n) is 6.23. The highest BCUT2D eigenvalue weighted by Crippen LogP contribution is 2.32. The molecule has 0 bridgehead atoms. The Bertz CT molecular complexity index is 1080. The number of carbonyl (C=O) groups is 3. The van der Waals surface area contributed by atoms with Gasteiger partial charge in [-0.25, -0.2) is 4.79 Å². The fourth-order valence-electron chi connectivity index (χ4n) is 4.35. The van der Waals surface area contributed by atoms with E-state index in [0.29, 0.717) is 47.0 Å². The summed E-state index contributed by atoms with van der Waals surface area (Å²) in [5.74, 6) is 0.595. The Morgan fingerprint density at radius 1 is 1.21 bits per heavy atom. The van der Waals surface area contributed by atoms with Crippen LogP contribution in [-0.4, -0.2) is 66.9 Å². The van der Waals surface area contributed by atoms with Crippen molar-refractivity contribution in [3.63, 3.8) is 0 Å². The van der Waals surface area contributed by atoms with E-state index in [0.717, 1.165) is 0 Å². The van der Waals surface area contributed by atoms with Gasteiger partial charge >= 0.3 is 6.03 Å². The first-order valence-electron chi connectivity index (χ1n) is 11.2. The van der Waals surface area contributed by atoms with Crippen LogP contribution in [0.15, 0.2) is 22.7 Å². The quantitative estimate of drug-likeness (QED) is 0.623. The van der Waals surface area contributed by atoms with Gasteiger partial charge < -0.3 is 34.8 Å². The number of anilines is 2. The predicted molar refractivity (Wildman–Crippen MR) is 123 cm³/mol. The van der Waals surface area contributed by atoms with Crippen LogP contribution >= 0.6 is 0 Å². The molecule has 11 heteroatoms. The van der Waals surface area contributed by atoms with Crippen molar-refractivity contribution in [2.45, 2.75) is 51.4 Å². The van der Waals surface area contributed by atoms with Crippen LogP contribution in [-0.2, 0) is 9.53 Å². The largest absolute Gasteiger partial charge is 0.490 e. The number of hydrogen-bond donors (Lipinski definition) is 3. The summed E-state index contributed by atoms with van der Waals surface area (Å²) in [6.45, 7) is 3.68. The number of carbonyl (C=O) groups excluding carboxylic acids is 3. The molecule has 11 nitrogen and oxygen atoms in total. The number of fused-ring (bicyclic) bond motifs is 2. The highest BCUT2D eigenvalue weighted by molar-refractivity contribution is 6.03. The van der Waals surface area contributed by atoms with E-state index in [1.807, 2.05) is 0 Å². The van der Waals surface area contributed by atoms with Gasteiger partial charge in [0.05, 0.1) is 24.1 Å². The number of aromatic nitrogens is 1. The van der Waals surface area contributed by atoms with E-state index >= 15 is 0 Å². The number of rotatable bonds is 4. The van der Waals surface area contributed by atoms with E-state index in [4.69, 9.17) is 14.0 Å². The number of amides is 4. The first kappa shape index (κ1) is 23.6. The summed E-state index contributed by atoms with van der Waals surface area (Å²) >= 11 is 0. The first-order valence-corrected chi connectivity index (χ1v) is 11.2. The van der Waals surface area contributed by atoms with Crippen molar-refractivity contribution < 1.29 is 28.4 Å². The standard InChI is InChI=1S/C23H29N5O6/c1-12-21(13(2)34-27-12)26-23(31)25-14-5-8-18-16(9-14)22(30)28(4)17-7-6-15(10-20(29)24-3)33-19(17)11-32-18/h5,8-9,15,17,19H,6-7,10-11H2,1-4H3,(H,24,29)(H2,25,26,31)/t15-,17+,19-/m1/s1. The molecule has 4 rings (SSSR count). The maximum Gasteiger partial charge on any atom is 0.323 e. The lowest BCUT2D eigenvalue weighted by Crippen LogP contribution is -2.53. The second-order valence-electron chi connectivity index (χ2n) is 8.53. The summed E-state index contributed by atoms with van der Waals surface area (Å²) < 4.78 is 17.1. The van der Waals surface area contributed by atoms with Gasteiger partial charge in [0.15, 0.2) is 5.76 Å². The Morgan fingerprint density at radius 3 is 2.71 bits per heavy atom. The molecule has 34 heavy (non-hydrogen) atoms. The minimum Gasteiger partial charge on any atom is -0.490 e. The molecule has 0 unspecified atom stereocenters. The maximum absolute atomic E-state index is 13.3. The fourth-order valence-corrected chi connectivity index (χ4v) is 4.35. The Labute approximate surface area is 197 Å². The van der Waals surface area contributed by atoms with Crippen molar-refractivity contribution in [3.8, 4) is 5.75 Å². The lowest BCUT2D eigenvalue weighted by Gasteiger charge is -2.42. The van der Waals surface area contributed by atoms with Gasteiger partial charge in [-0.15, -0.1) is 0 Å². The summed E-state index contributed by atoms with van der Waals surface area (Å²) in [7, 11) is 3.33. The zero-order valence-electron chi connectivity index (χ0n) is 19.6. The SMILES string of the molecule is CNC(=O)C[C@H]1CC[C@H]2[C@@H](COc3ccc(NC(=O)Nc4c(C)noc4C)cc3C(=O)N2C)O1. The molecule has 0 spiro atoms. The minimum absolute atomic E-state index is 0.0802. The highest BCUT2D eigenvalue weighted by Gasteiger charge is 2.39. The van der Waals surface area contributed by atoms with Gasteiger partial charge in [-0.1, -0.05) is 5.16 Å². The fraction of sp³-hybridized carbons (Fsp3) is 0.478. The number of aryl methyl sites for hydroxylation is 2. The van der Waals surface area contributed by atoms with Crippen molar-refractivity contribution in [3.05, 3.63) is 35.2 Å². The molecule has 2 aromatic rings. The van der Waals surface area contributed by atoms with Gasteiger partial charge in [-0.05, 0) is 44.9 Å². The number of nitrogens with zero attached hydrogens (tertiary/aromatic N) is 2. The summed E-state index contributed by atoms with van der Waals surface area (Å²) in [5, 5.41) is 11.9.